The molecular formula is C25H30IN7O4S. The highest BCUT2D eigenvalue weighted by Gasteiger charge is 2.22. The normalized spacial score (nSPS) is 14.3. The predicted molar refractivity (Wildman–Crippen MR) is 155 cm³/mol. The number of amides is 1. The van der Waals surface area contributed by atoms with Crippen LogP contribution in [-0.4, -0.2) is 81.0 Å². The molecule has 1 amide bonds. The molecule has 0 unspecified atom stereocenters. The highest BCUT2D eigenvalue weighted by atomic mass is 127. The summed E-state index contributed by atoms with van der Waals surface area (Å²) in [5, 5.41) is 6.27. The molecule has 0 bridgehead atoms. The minimum atomic E-state index is -3.68. The first kappa shape index (κ1) is 28.0. The molecule has 38 heavy (non-hydrogen) atoms. The van der Waals surface area contributed by atoms with Gasteiger partial charge in [0.15, 0.2) is 0 Å². The number of anilines is 4. The lowest BCUT2D eigenvalue weighted by Gasteiger charge is -2.32. The van der Waals surface area contributed by atoms with E-state index in [4.69, 9.17) is 4.74 Å². The summed E-state index contributed by atoms with van der Waals surface area (Å²) >= 11 is 2.08. The van der Waals surface area contributed by atoms with Crippen molar-refractivity contribution >= 4 is 61.7 Å². The van der Waals surface area contributed by atoms with Gasteiger partial charge >= 0.3 is 0 Å². The molecule has 0 saturated carbocycles. The monoisotopic (exact) mass is 651 g/mol. The molecule has 4 rings (SSSR count). The smallest absolute Gasteiger partial charge is 0.254 e. The quantitative estimate of drug-likeness (QED) is 0.299. The molecule has 1 aliphatic rings. The fourth-order valence-corrected chi connectivity index (χ4v) is 5.18. The Morgan fingerprint density at radius 2 is 1.82 bits per heavy atom. The second kappa shape index (κ2) is 12.2. The number of ether oxygens (including phenoxy) is 1. The van der Waals surface area contributed by atoms with Crippen molar-refractivity contribution < 1.29 is 17.9 Å². The average Bonchev–Trinajstić information content (AvgIpc) is 2.92. The maximum absolute atomic E-state index is 13.1. The van der Waals surface area contributed by atoms with Gasteiger partial charge in [0.1, 0.15) is 16.5 Å². The van der Waals surface area contributed by atoms with E-state index in [0.717, 1.165) is 13.1 Å². The minimum absolute atomic E-state index is 0.0298. The maximum Gasteiger partial charge on any atom is 0.254 e. The second-order valence-electron chi connectivity index (χ2n) is 8.58. The summed E-state index contributed by atoms with van der Waals surface area (Å²) in [4.78, 5) is 26.1. The summed E-state index contributed by atoms with van der Waals surface area (Å²) in [5.41, 5.74) is 1.54. The van der Waals surface area contributed by atoms with E-state index < -0.39 is 10.0 Å². The molecule has 0 radical (unpaired) electrons. The summed E-state index contributed by atoms with van der Waals surface area (Å²) in [6.07, 6.45) is 1.62. The molecule has 13 heteroatoms. The molecule has 3 N–H and O–H groups in total. The first-order valence-electron chi connectivity index (χ1n) is 12.1. The summed E-state index contributed by atoms with van der Waals surface area (Å²) in [6, 6.07) is 11.8. The van der Waals surface area contributed by atoms with Crippen molar-refractivity contribution in [1.82, 2.24) is 24.5 Å². The van der Waals surface area contributed by atoms with Gasteiger partial charge in [-0.05, 0) is 73.9 Å². The van der Waals surface area contributed by atoms with Gasteiger partial charge < -0.3 is 25.2 Å². The largest absolute Gasteiger partial charge is 0.492 e. The first-order chi connectivity index (χ1) is 18.2. The number of carbonyl (C=O) groups excluding carboxylic acids is 1. The van der Waals surface area contributed by atoms with Crippen LogP contribution in [0.4, 0.5) is 23.1 Å². The Hall–Kier alpha value is -3.01. The number of hydrogen-bond acceptors (Lipinski definition) is 9. The van der Waals surface area contributed by atoms with Gasteiger partial charge in [0.2, 0.25) is 16.0 Å². The SMILES string of the molecule is CCOc1cc(C(=O)N2CCN(C)CC2)ccc1Nc1ncc(I)c(Nc2ccccc2S(=O)(=O)NC)n1. The van der Waals surface area contributed by atoms with E-state index in [2.05, 4.69) is 52.8 Å². The topological polar surface area (TPSA) is 129 Å². The third kappa shape index (κ3) is 6.51. The highest BCUT2D eigenvalue weighted by molar-refractivity contribution is 14.1. The lowest BCUT2D eigenvalue weighted by Crippen LogP contribution is -2.47. The second-order valence-corrected chi connectivity index (χ2v) is 11.6. The molecule has 2 heterocycles. The van der Waals surface area contributed by atoms with E-state index >= 15 is 0 Å². The predicted octanol–water partition coefficient (Wildman–Crippen LogP) is 3.26. The third-order valence-electron chi connectivity index (χ3n) is 6.01. The molecule has 2 aromatic carbocycles. The van der Waals surface area contributed by atoms with Crippen molar-refractivity contribution in [2.75, 3.05) is 57.5 Å². The van der Waals surface area contributed by atoms with Crippen LogP contribution >= 0.6 is 22.6 Å². The molecule has 202 valence electrons. The van der Waals surface area contributed by atoms with Crippen LogP contribution in [0.15, 0.2) is 53.6 Å². The van der Waals surface area contributed by atoms with Crippen LogP contribution in [0.3, 0.4) is 0 Å². The molecule has 1 saturated heterocycles. The summed E-state index contributed by atoms with van der Waals surface area (Å²) in [5.74, 6) is 1.19. The van der Waals surface area contributed by atoms with Crippen LogP contribution < -0.4 is 20.1 Å². The lowest BCUT2D eigenvalue weighted by atomic mass is 10.1. The summed E-state index contributed by atoms with van der Waals surface area (Å²) in [7, 11) is -0.267. The van der Waals surface area contributed by atoms with Gasteiger partial charge in [-0.3, -0.25) is 4.79 Å². The lowest BCUT2D eigenvalue weighted by molar-refractivity contribution is 0.0663. The number of benzene rings is 2. The van der Waals surface area contributed by atoms with Gasteiger partial charge in [0, 0.05) is 37.9 Å². The average molecular weight is 652 g/mol. The molecule has 0 atom stereocenters. The van der Waals surface area contributed by atoms with Gasteiger partial charge in [0.05, 0.1) is 21.6 Å². The molecule has 1 aliphatic heterocycles. The van der Waals surface area contributed by atoms with E-state index in [1.807, 2.05) is 18.9 Å². The Balaban J connectivity index is 1.58. The van der Waals surface area contributed by atoms with E-state index in [1.165, 1.54) is 13.1 Å². The first-order valence-corrected chi connectivity index (χ1v) is 14.6. The number of carbonyl (C=O) groups is 1. The number of halogens is 1. The van der Waals surface area contributed by atoms with Crippen LogP contribution in [0.1, 0.15) is 17.3 Å². The highest BCUT2D eigenvalue weighted by Crippen LogP contribution is 2.31. The molecule has 1 fully saturated rings. The zero-order valence-electron chi connectivity index (χ0n) is 21.4. The molecule has 3 aromatic rings. The van der Waals surface area contributed by atoms with E-state index in [0.29, 0.717) is 51.8 Å². The zero-order valence-corrected chi connectivity index (χ0v) is 24.3. The molecule has 1 aromatic heterocycles. The molecular weight excluding hydrogens is 621 g/mol. The number of para-hydroxylation sites is 1. The number of likely N-dealkylation sites (N-methyl/N-ethyl adjacent to an activating group) is 1. The van der Waals surface area contributed by atoms with E-state index in [1.54, 1.807) is 42.6 Å². The third-order valence-corrected chi connectivity index (χ3v) is 8.27. The van der Waals surface area contributed by atoms with E-state index in [-0.39, 0.29) is 16.8 Å². The van der Waals surface area contributed by atoms with Crippen LogP contribution in [-0.2, 0) is 10.0 Å². The standard InChI is InChI=1S/C25H30IN7O4S/c1-4-37-21-15-17(24(34)33-13-11-32(3)12-14-33)9-10-19(21)30-25-28-16-18(26)23(31-25)29-20-7-5-6-8-22(20)38(35,36)27-2/h5-10,15-16,27H,4,11-14H2,1-3H3,(H2,28,29,30,31). The number of aromatic nitrogens is 2. The van der Waals surface area contributed by atoms with Gasteiger partial charge in [-0.2, -0.15) is 4.98 Å². The van der Waals surface area contributed by atoms with Gasteiger partial charge in [-0.1, -0.05) is 12.1 Å². The maximum atomic E-state index is 13.1. The Labute approximate surface area is 236 Å². The minimum Gasteiger partial charge on any atom is -0.492 e. The van der Waals surface area contributed by atoms with Crippen LogP contribution in [0.25, 0.3) is 0 Å². The van der Waals surface area contributed by atoms with Gasteiger partial charge in [0.25, 0.3) is 5.91 Å². The van der Waals surface area contributed by atoms with Crippen molar-refractivity contribution in [2.24, 2.45) is 0 Å². The van der Waals surface area contributed by atoms with Crippen molar-refractivity contribution in [3.05, 3.63) is 57.8 Å². The van der Waals surface area contributed by atoms with Crippen molar-refractivity contribution in [2.45, 2.75) is 11.8 Å². The Bertz CT molecular complexity index is 1410. The fraction of sp³-hybridized carbons (Fsp3) is 0.320. The van der Waals surface area contributed by atoms with Crippen LogP contribution in [0.2, 0.25) is 0 Å². The number of nitrogens with zero attached hydrogens (tertiary/aromatic N) is 4. The Morgan fingerprint density at radius 3 is 2.53 bits per heavy atom. The van der Waals surface area contributed by atoms with Crippen molar-refractivity contribution in [3.63, 3.8) is 0 Å². The van der Waals surface area contributed by atoms with Crippen molar-refractivity contribution in [3.8, 4) is 5.75 Å². The number of rotatable bonds is 9. The number of piperazine rings is 1. The van der Waals surface area contributed by atoms with E-state index in [9.17, 15) is 13.2 Å². The van der Waals surface area contributed by atoms with Crippen LogP contribution in [0.5, 0.6) is 5.75 Å². The van der Waals surface area contributed by atoms with Crippen molar-refractivity contribution in [1.29, 1.82) is 0 Å². The molecule has 11 nitrogen and oxygen atoms in total. The fourth-order valence-electron chi connectivity index (χ4n) is 3.90. The summed E-state index contributed by atoms with van der Waals surface area (Å²) < 4.78 is 33.8. The summed E-state index contributed by atoms with van der Waals surface area (Å²) in [6.45, 7) is 5.34. The molecule has 0 aliphatic carbocycles. The number of nitrogens with one attached hydrogen (secondary N) is 3. The molecule has 0 spiro atoms. The Morgan fingerprint density at radius 1 is 1.08 bits per heavy atom. The number of hydrogen-bond donors (Lipinski definition) is 3. The number of sulfonamides is 1. The Kier molecular flexibility index (Phi) is 9.02. The van der Waals surface area contributed by atoms with Crippen LogP contribution in [0, 0.1) is 3.57 Å². The van der Waals surface area contributed by atoms with Gasteiger partial charge in [-0.25, -0.2) is 18.1 Å². The zero-order chi connectivity index (χ0) is 27.3. The van der Waals surface area contributed by atoms with Gasteiger partial charge in [-0.15, -0.1) is 0 Å².